The van der Waals surface area contributed by atoms with Gasteiger partial charge in [-0.3, -0.25) is 4.79 Å². The number of methoxy groups -OCH3 is 2. The number of alkyl halides is 3. The molecule has 1 aliphatic heterocycles. The summed E-state index contributed by atoms with van der Waals surface area (Å²) in [6, 6.07) is 6.83. The molecule has 2 N–H and O–H groups in total. The normalized spacial score (nSPS) is 16.3. The van der Waals surface area contributed by atoms with Crippen molar-refractivity contribution in [3.8, 4) is 11.5 Å². The molecule has 0 aromatic heterocycles. The Hall–Kier alpha value is -2.78. The zero-order chi connectivity index (χ0) is 22.8. The second kappa shape index (κ2) is 9.15. The van der Waals surface area contributed by atoms with Crippen LogP contribution < -0.4 is 9.47 Å². The molecule has 3 rings (SSSR count). The molecule has 0 bridgehead atoms. The number of halogens is 3. The van der Waals surface area contributed by atoms with E-state index in [0.29, 0.717) is 23.5 Å². The van der Waals surface area contributed by atoms with E-state index < -0.39 is 29.6 Å². The van der Waals surface area contributed by atoms with Crippen LogP contribution >= 0.6 is 0 Å². The van der Waals surface area contributed by atoms with E-state index in [1.165, 1.54) is 19.1 Å². The van der Waals surface area contributed by atoms with E-state index in [4.69, 9.17) is 9.47 Å². The highest BCUT2D eigenvalue weighted by Gasteiger charge is 2.38. The predicted molar refractivity (Wildman–Crippen MR) is 106 cm³/mol. The Labute approximate surface area is 177 Å². The molecule has 1 heterocycles. The summed E-state index contributed by atoms with van der Waals surface area (Å²) < 4.78 is 49.3. The number of fused-ring (bicyclic) bond motifs is 1. The van der Waals surface area contributed by atoms with Crippen LogP contribution in [0.1, 0.15) is 33.1 Å². The third kappa shape index (κ3) is 4.47. The molecular formula is C22H24F3NO5. The summed E-state index contributed by atoms with van der Waals surface area (Å²) in [7, 11) is 2.98. The van der Waals surface area contributed by atoms with Crippen molar-refractivity contribution in [3.05, 3.63) is 58.7 Å². The molecule has 1 amide bonds. The molecule has 1 aliphatic rings. The lowest BCUT2D eigenvalue weighted by Crippen LogP contribution is -2.45. The molecule has 0 saturated heterocycles. The maximum atomic E-state index is 13.2. The second-order valence-electron chi connectivity index (χ2n) is 7.30. The fourth-order valence-corrected chi connectivity index (χ4v) is 3.94. The number of carbonyl (C=O) groups is 1. The zero-order valence-electron chi connectivity index (χ0n) is 17.1. The lowest BCUT2D eigenvalue weighted by Gasteiger charge is -2.41. The van der Waals surface area contributed by atoms with Gasteiger partial charge in [-0.1, -0.05) is 0 Å². The smallest absolute Gasteiger partial charge is 0.416 e. The van der Waals surface area contributed by atoms with Crippen LogP contribution in [0, 0.1) is 5.92 Å². The number of nitrogens with zero attached hydrogens (tertiary/aromatic N) is 1. The van der Waals surface area contributed by atoms with Crippen LogP contribution in [-0.2, 0) is 12.6 Å². The average molecular weight is 439 g/mol. The van der Waals surface area contributed by atoms with Crippen LogP contribution in [0.15, 0.2) is 36.4 Å². The van der Waals surface area contributed by atoms with E-state index in [0.717, 1.165) is 29.8 Å². The second-order valence-corrected chi connectivity index (χ2v) is 7.30. The molecule has 0 aliphatic carbocycles. The highest BCUT2D eigenvalue weighted by Crippen LogP contribution is 2.41. The van der Waals surface area contributed by atoms with Gasteiger partial charge in [0.1, 0.15) is 0 Å². The van der Waals surface area contributed by atoms with Crippen LogP contribution in [0.4, 0.5) is 13.2 Å². The fourth-order valence-electron chi connectivity index (χ4n) is 3.94. The Morgan fingerprint density at radius 1 is 1.10 bits per heavy atom. The maximum Gasteiger partial charge on any atom is 0.416 e. The highest BCUT2D eigenvalue weighted by molar-refractivity contribution is 5.94. The number of aliphatic hydroxyl groups is 2. The minimum absolute atomic E-state index is 0.0940. The number of hydrogen-bond donors (Lipinski definition) is 2. The van der Waals surface area contributed by atoms with E-state index >= 15 is 0 Å². The van der Waals surface area contributed by atoms with Gasteiger partial charge >= 0.3 is 6.18 Å². The van der Waals surface area contributed by atoms with E-state index in [1.54, 1.807) is 12.1 Å². The summed E-state index contributed by atoms with van der Waals surface area (Å²) in [5, 5.41) is 19.7. The van der Waals surface area contributed by atoms with Gasteiger partial charge in [0.2, 0.25) is 0 Å². The minimum Gasteiger partial charge on any atom is -0.493 e. The summed E-state index contributed by atoms with van der Waals surface area (Å²) in [4.78, 5) is 14.7. The number of carbonyl (C=O) groups excluding carboxylic acids is 1. The molecular weight excluding hydrogens is 415 g/mol. The van der Waals surface area contributed by atoms with Gasteiger partial charge in [-0.05, 0) is 53.9 Å². The van der Waals surface area contributed by atoms with Crippen molar-refractivity contribution in [2.45, 2.75) is 18.6 Å². The number of rotatable bonds is 6. The van der Waals surface area contributed by atoms with Crippen LogP contribution in [0.5, 0.6) is 11.5 Å². The molecule has 168 valence electrons. The fraction of sp³-hybridized carbons (Fsp3) is 0.409. The van der Waals surface area contributed by atoms with Gasteiger partial charge in [-0.25, -0.2) is 0 Å². The predicted octanol–water partition coefficient (Wildman–Crippen LogP) is 3.06. The molecule has 6 nitrogen and oxygen atoms in total. The number of aliphatic hydroxyl groups excluding tert-OH is 2. The van der Waals surface area contributed by atoms with Crippen LogP contribution in [0.2, 0.25) is 0 Å². The Morgan fingerprint density at radius 2 is 1.68 bits per heavy atom. The Balaban J connectivity index is 2.03. The van der Waals surface area contributed by atoms with Gasteiger partial charge < -0.3 is 24.6 Å². The van der Waals surface area contributed by atoms with Crippen LogP contribution in [-0.4, -0.2) is 55.0 Å². The van der Waals surface area contributed by atoms with Gasteiger partial charge in [0, 0.05) is 18.0 Å². The third-order valence-corrected chi connectivity index (χ3v) is 5.56. The molecule has 0 fully saturated rings. The summed E-state index contributed by atoms with van der Waals surface area (Å²) in [5.41, 5.74) is 0.824. The largest absolute Gasteiger partial charge is 0.493 e. The number of benzene rings is 2. The van der Waals surface area contributed by atoms with Gasteiger partial charge in [0.15, 0.2) is 11.5 Å². The first-order chi connectivity index (χ1) is 14.7. The van der Waals surface area contributed by atoms with E-state index in [1.807, 2.05) is 0 Å². The monoisotopic (exact) mass is 439 g/mol. The molecule has 0 spiro atoms. The van der Waals surface area contributed by atoms with Crippen molar-refractivity contribution in [2.75, 3.05) is 34.0 Å². The number of hydrogen-bond acceptors (Lipinski definition) is 5. The Bertz CT molecular complexity index is 926. The molecule has 0 saturated carbocycles. The first-order valence-electron chi connectivity index (χ1n) is 9.69. The van der Waals surface area contributed by atoms with Gasteiger partial charge in [-0.15, -0.1) is 0 Å². The lowest BCUT2D eigenvalue weighted by molar-refractivity contribution is -0.137. The summed E-state index contributed by atoms with van der Waals surface area (Å²) in [6.45, 7) is -0.499. The van der Waals surface area contributed by atoms with Crippen LogP contribution in [0.3, 0.4) is 0 Å². The first-order valence-corrected chi connectivity index (χ1v) is 9.69. The van der Waals surface area contributed by atoms with Crippen molar-refractivity contribution in [2.24, 2.45) is 5.92 Å². The van der Waals surface area contributed by atoms with Gasteiger partial charge in [0.05, 0.1) is 39.0 Å². The van der Waals surface area contributed by atoms with E-state index in [9.17, 15) is 28.2 Å². The van der Waals surface area contributed by atoms with Gasteiger partial charge in [0.25, 0.3) is 5.91 Å². The summed E-state index contributed by atoms with van der Waals surface area (Å²) >= 11 is 0. The summed E-state index contributed by atoms with van der Waals surface area (Å²) in [6.07, 6.45) is -4.02. The molecule has 1 atom stereocenters. The standard InChI is InChI=1S/C22H24F3NO5/c1-30-18-9-14-7-8-26(20(15(11-27)12-28)17(14)10-19(18)31-2)21(29)13-3-5-16(6-4-13)22(23,24)25/h3-6,9-10,15,20,27-28H,7-8,11-12H2,1-2H3. The van der Waals surface area contributed by atoms with Crippen molar-refractivity contribution < 1.29 is 37.7 Å². The SMILES string of the molecule is COc1cc2c(cc1OC)C(C(CO)CO)N(C(=O)c1ccc(C(F)(F)F)cc1)CC2. The van der Waals surface area contributed by atoms with Gasteiger partial charge in [-0.2, -0.15) is 13.2 Å². The van der Waals surface area contributed by atoms with Crippen molar-refractivity contribution >= 4 is 5.91 Å². The lowest BCUT2D eigenvalue weighted by atomic mass is 9.84. The quantitative estimate of drug-likeness (QED) is 0.724. The average Bonchev–Trinajstić information content (AvgIpc) is 2.77. The molecule has 2 aromatic carbocycles. The summed E-state index contributed by atoms with van der Waals surface area (Å²) in [5.74, 6) is -0.210. The van der Waals surface area contributed by atoms with E-state index in [2.05, 4.69) is 0 Å². The van der Waals surface area contributed by atoms with Crippen molar-refractivity contribution in [1.82, 2.24) is 4.90 Å². The molecule has 9 heteroatoms. The molecule has 0 radical (unpaired) electrons. The third-order valence-electron chi connectivity index (χ3n) is 5.56. The van der Waals surface area contributed by atoms with Crippen molar-refractivity contribution in [3.63, 3.8) is 0 Å². The topological polar surface area (TPSA) is 79.2 Å². The zero-order valence-corrected chi connectivity index (χ0v) is 17.1. The number of ether oxygens (including phenoxy) is 2. The molecule has 1 unspecified atom stereocenters. The first kappa shape index (κ1) is 22.9. The Morgan fingerprint density at radius 3 is 2.19 bits per heavy atom. The maximum absolute atomic E-state index is 13.2. The molecule has 31 heavy (non-hydrogen) atoms. The Kier molecular flexibility index (Phi) is 6.76. The van der Waals surface area contributed by atoms with E-state index in [-0.39, 0.29) is 25.3 Å². The number of amides is 1. The highest BCUT2D eigenvalue weighted by atomic mass is 19.4. The molecule has 2 aromatic rings. The van der Waals surface area contributed by atoms with Crippen molar-refractivity contribution in [1.29, 1.82) is 0 Å². The minimum atomic E-state index is -4.50. The van der Waals surface area contributed by atoms with Crippen LogP contribution in [0.25, 0.3) is 0 Å².